The Balaban J connectivity index is 2.17. The number of nitrogen functional groups attached to an aromatic ring is 1. The minimum Gasteiger partial charge on any atom is -0.399 e. The second-order valence-corrected chi connectivity index (χ2v) is 4.52. The van der Waals surface area contributed by atoms with Crippen LogP contribution in [-0.2, 0) is 0 Å². The maximum atomic E-state index is 5.75. The fourth-order valence-electron chi connectivity index (χ4n) is 2.25. The van der Waals surface area contributed by atoms with Gasteiger partial charge in [-0.1, -0.05) is 0 Å². The van der Waals surface area contributed by atoms with E-state index in [9.17, 15) is 0 Å². The Morgan fingerprint density at radius 3 is 2.26 bits per heavy atom. The van der Waals surface area contributed by atoms with Gasteiger partial charge in [0, 0.05) is 35.0 Å². The molecule has 2 aromatic heterocycles. The maximum Gasteiger partial charge on any atom is 0.0532 e. The SMILES string of the molecule is Cc1ccc(-c2ccncc2)n1-c1ccc(N)cc1. The molecule has 0 aliphatic heterocycles. The summed E-state index contributed by atoms with van der Waals surface area (Å²) >= 11 is 0. The number of hydrogen-bond donors (Lipinski definition) is 1. The number of anilines is 1. The number of nitrogens with zero attached hydrogens (tertiary/aromatic N) is 2. The van der Waals surface area contributed by atoms with E-state index >= 15 is 0 Å². The zero-order valence-electron chi connectivity index (χ0n) is 10.7. The number of hydrogen-bond acceptors (Lipinski definition) is 2. The quantitative estimate of drug-likeness (QED) is 0.707. The minimum absolute atomic E-state index is 0.777. The van der Waals surface area contributed by atoms with Crippen LogP contribution < -0.4 is 5.73 Å². The molecular weight excluding hydrogens is 234 g/mol. The molecule has 2 N–H and O–H groups in total. The van der Waals surface area contributed by atoms with Gasteiger partial charge in [0.25, 0.3) is 0 Å². The van der Waals surface area contributed by atoms with Gasteiger partial charge in [0.05, 0.1) is 5.69 Å². The predicted octanol–water partition coefficient (Wildman–Crippen LogP) is 3.43. The van der Waals surface area contributed by atoms with Gasteiger partial charge in [0.1, 0.15) is 0 Å². The fourth-order valence-corrected chi connectivity index (χ4v) is 2.25. The summed E-state index contributed by atoms with van der Waals surface area (Å²) in [7, 11) is 0. The Morgan fingerprint density at radius 1 is 0.895 bits per heavy atom. The molecule has 0 aliphatic rings. The van der Waals surface area contributed by atoms with Crippen molar-refractivity contribution in [3.05, 3.63) is 66.6 Å². The summed E-state index contributed by atoms with van der Waals surface area (Å²) in [5, 5.41) is 0. The first-order valence-corrected chi connectivity index (χ1v) is 6.20. The van der Waals surface area contributed by atoms with Crippen LogP contribution in [0.5, 0.6) is 0 Å². The second-order valence-electron chi connectivity index (χ2n) is 4.52. The van der Waals surface area contributed by atoms with Gasteiger partial charge in [0.15, 0.2) is 0 Å². The van der Waals surface area contributed by atoms with Gasteiger partial charge < -0.3 is 10.3 Å². The molecule has 94 valence electrons. The van der Waals surface area contributed by atoms with Crippen LogP contribution >= 0.6 is 0 Å². The van der Waals surface area contributed by atoms with Crippen molar-refractivity contribution in [1.82, 2.24) is 9.55 Å². The lowest BCUT2D eigenvalue weighted by atomic mass is 10.2. The highest BCUT2D eigenvalue weighted by Gasteiger charge is 2.08. The summed E-state index contributed by atoms with van der Waals surface area (Å²) < 4.78 is 2.22. The third-order valence-corrected chi connectivity index (χ3v) is 3.20. The van der Waals surface area contributed by atoms with Gasteiger partial charge in [-0.3, -0.25) is 4.98 Å². The summed E-state index contributed by atoms with van der Waals surface area (Å²) in [5.41, 5.74) is 11.1. The standard InChI is InChI=1S/C16H15N3/c1-12-2-7-16(13-8-10-18-11-9-13)19(12)15-5-3-14(17)4-6-15/h2-11H,17H2,1H3. The van der Waals surface area contributed by atoms with Gasteiger partial charge in [-0.25, -0.2) is 0 Å². The first-order valence-electron chi connectivity index (χ1n) is 6.20. The Hall–Kier alpha value is -2.55. The molecule has 19 heavy (non-hydrogen) atoms. The Morgan fingerprint density at radius 2 is 1.58 bits per heavy atom. The molecule has 1 aromatic carbocycles. The molecule has 0 unspecified atom stereocenters. The van der Waals surface area contributed by atoms with Crippen molar-refractivity contribution in [2.45, 2.75) is 6.92 Å². The third kappa shape index (κ3) is 2.10. The van der Waals surface area contributed by atoms with Gasteiger partial charge in [0.2, 0.25) is 0 Å². The molecule has 3 aromatic rings. The van der Waals surface area contributed by atoms with Crippen LogP contribution in [0.2, 0.25) is 0 Å². The topological polar surface area (TPSA) is 43.8 Å². The Bertz CT molecular complexity index is 682. The molecule has 0 fully saturated rings. The molecule has 2 heterocycles. The molecule has 0 amide bonds. The van der Waals surface area contributed by atoms with E-state index in [2.05, 4.69) is 28.6 Å². The maximum absolute atomic E-state index is 5.75. The summed E-state index contributed by atoms with van der Waals surface area (Å²) in [5.74, 6) is 0. The highest BCUT2D eigenvalue weighted by atomic mass is 15.0. The van der Waals surface area contributed by atoms with Crippen LogP contribution in [-0.4, -0.2) is 9.55 Å². The summed E-state index contributed by atoms with van der Waals surface area (Å²) in [6.07, 6.45) is 3.62. The largest absolute Gasteiger partial charge is 0.399 e. The minimum atomic E-state index is 0.777. The van der Waals surface area contributed by atoms with E-state index in [0.29, 0.717) is 0 Å². The molecule has 0 bridgehead atoms. The number of benzene rings is 1. The van der Waals surface area contributed by atoms with E-state index in [0.717, 1.165) is 22.6 Å². The van der Waals surface area contributed by atoms with E-state index in [1.54, 1.807) is 0 Å². The lowest BCUT2D eigenvalue weighted by Crippen LogP contribution is -1.99. The van der Waals surface area contributed by atoms with E-state index < -0.39 is 0 Å². The molecule has 0 atom stereocenters. The van der Waals surface area contributed by atoms with Gasteiger partial charge in [-0.15, -0.1) is 0 Å². The zero-order chi connectivity index (χ0) is 13.2. The summed E-state index contributed by atoms with van der Waals surface area (Å²) in [6.45, 7) is 2.10. The Labute approximate surface area is 112 Å². The smallest absolute Gasteiger partial charge is 0.0532 e. The fraction of sp³-hybridized carbons (Fsp3) is 0.0625. The highest BCUT2D eigenvalue weighted by Crippen LogP contribution is 2.26. The van der Waals surface area contributed by atoms with Gasteiger partial charge in [-0.2, -0.15) is 0 Å². The van der Waals surface area contributed by atoms with Crippen molar-refractivity contribution in [1.29, 1.82) is 0 Å². The first-order chi connectivity index (χ1) is 9.25. The van der Waals surface area contributed by atoms with E-state index in [1.807, 2.05) is 48.8 Å². The number of nitrogens with two attached hydrogens (primary N) is 1. The van der Waals surface area contributed by atoms with Gasteiger partial charge in [-0.05, 0) is 55.5 Å². The average Bonchev–Trinajstić information content (AvgIpc) is 2.83. The normalized spacial score (nSPS) is 10.6. The van der Waals surface area contributed by atoms with Crippen LogP contribution in [0.4, 0.5) is 5.69 Å². The zero-order valence-corrected chi connectivity index (χ0v) is 10.7. The van der Waals surface area contributed by atoms with Crippen LogP contribution in [0, 0.1) is 6.92 Å². The first kappa shape index (κ1) is 11.5. The molecular formula is C16H15N3. The number of aromatic nitrogens is 2. The lowest BCUT2D eigenvalue weighted by molar-refractivity contribution is 1.02. The number of pyridine rings is 1. The van der Waals surface area contributed by atoms with Crippen molar-refractivity contribution >= 4 is 5.69 Å². The molecule has 3 nitrogen and oxygen atoms in total. The number of rotatable bonds is 2. The molecule has 3 rings (SSSR count). The molecule has 0 radical (unpaired) electrons. The summed E-state index contributed by atoms with van der Waals surface area (Å²) in [4.78, 5) is 4.07. The monoisotopic (exact) mass is 249 g/mol. The van der Waals surface area contributed by atoms with Gasteiger partial charge >= 0.3 is 0 Å². The van der Waals surface area contributed by atoms with Crippen molar-refractivity contribution in [3.8, 4) is 16.9 Å². The molecule has 3 heteroatoms. The second kappa shape index (κ2) is 4.61. The van der Waals surface area contributed by atoms with Crippen LogP contribution in [0.3, 0.4) is 0 Å². The van der Waals surface area contributed by atoms with Crippen LogP contribution in [0.15, 0.2) is 60.9 Å². The molecule has 0 saturated carbocycles. The van der Waals surface area contributed by atoms with Crippen molar-refractivity contribution in [2.24, 2.45) is 0 Å². The number of aryl methyl sites for hydroxylation is 1. The van der Waals surface area contributed by atoms with Crippen molar-refractivity contribution < 1.29 is 0 Å². The lowest BCUT2D eigenvalue weighted by Gasteiger charge is -2.12. The average molecular weight is 249 g/mol. The van der Waals surface area contributed by atoms with Crippen molar-refractivity contribution in [2.75, 3.05) is 5.73 Å². The van der Waals surface area contributed by atoms with E-state index in [-0.39, 0.29) is 0 Å². The van der Waals surface area contributed by atoms with Crippen LogP contribution in [0.25, 0.3) is 16.9 Å². The molecule has 0 saturated heterocycles. The van der Waals surface area contributed by atoms with E-state index in [1.165, 1.54) is 5.69 Å². The highest BCUT2D eigenvalue weighted by molar-refractivity contribution is 5.64. The predicted molar refractivity (Wildman–Crippen MR) is 78.1 cm³/mol. The van der Waals surface area contributed by atoms with Crippen LogP contribution in [0.1, 0.15) is 5.69 Å². The Kier molecular flexibility index (Phi) is 2.80. The third-order valence-electron chi connectivity index (χ3n) is 3.20. The van der Waals surface area contributed by atoms with Crippen molar-refractivity contribution in [3.63, 3.8) is 0 Å². The molecule has 0 aliphatic carbocycles. The van der Waals surface area contributed by atoms with E-state index in [4.69, 9.17) is 5.73 Å². The molecule has 0 spiro atoms. The summed E-state index contributed by atoms with van der Waals surface area (Å²) in [6, 6.07) is 16.2.